The molecule has 0 unspecified atom stereocenters. The first-order chi connectivity index (χ1) is 7.00. The van der Waals surface area contributed by atoms with Crippen LogP contribution in [0.15, 0.2) is 18.2 Å². The van der Waals surface area contributed by atoms with Gasteiger partial charge in [0.05, 0.1) is 0 Å². The van der Waals surface area contributed by atoms with E-state index in [2.05, 4.69) is 13.8 Å². The minimum atomic E-state index is -0.425. The van der Waals surface area contributed by atoms with Gasteiger partial charge in [-0.05, 0) is 24.8 Å². The molecule has 0 aliphatic carbocycles. The Hall–Kier alpha value is -1.09. The smallest absolute Gasteiger partial charge is 0.131 e. The molecule has 84 valence electrons. The van der Waals surface area contributed by atoms with E-state index in [1.54, 1.807) is 6.07 Å². The summed E-state index contributed by atoms with van der Waals surface area (Å²) in [4.78, 5) is 0. The van der Waals surface area contributed by atoms with Crippen molar-refractivity contribution in [3.63, 3.8) is 0 Å². The zero-order chi connectivity index (χ0) is 11.4. The number of hydrogen-bond donors (Lipinski definition) is 2. The first-order valence-electron chi connectivity index (χ1n) is 5.24. The van der Waals surface area contributed by atoms with Crippen LogP contribution in [0, 0.1) is 11.7 Å². The number of hydrogen-bond acceptors (Lipinski definition) is 2. The summed E-state index contributed by atoms with van der Waals surface area (Å²) < 4.78 is 13.4. The molecule has 3 heteroatoms. The molecular formula is C12H18FNO. The van der Waals surface area contributed by atoms with E-state index in [1.807, 2.05) is 0 Å². The van der Waals surface area contributed by atoms with Crippen molar-refractivity contribution in [2.24, 2.45) is 11.7 Å². The zero-order valence-electron chi connectivity index (χ0n) is 9.20. The minimum absolute atomic E-state index is 0.0627. The summed E-state index contributed by atoms with van der Waals surface area (Å²) in [6.07, 6.45) is 1.74. The van der Waals surface area contributed by atoms with Gasteiger partial charge in [-0.25, -0.2) is 4.39 Å². The van der Waals surface area contributed by atoms with Gasteiger partial charge in [0.2, 0.25) is 0 Å². The number of nitrogens with two attached hydrogens (primary N) is 1. The number of phenolic OH excluding ortho intramolecular Hbond substituents is 1. The fourth-order valence-electron chi connectivity index (χ4n) is 1.49. The van der Waals surface area contributed by atoms with E-state index in [0.717, 1.165) is 18.9 Å². The third kappa shape index (κ3) is 3.51. The molecule has 0 amide bonds. The summed E-state index contributed by atoms with van der Waals surface area (Å²) in [6.45, 7) is 4.22. The lowest BCUT2D eigenvalue weighted by molar-refractivity contribution is 0.461. The molecule has 1 atom stereocenters. The summed E-state index contributed by atoms with van der Waals surface area (Å²) in [5.74, 6) is 0.0785. The van der Waals surface area contributed by atoms with E-state index in [1.165, 1.54) is 6.07 Å². The summed E-state index contributed by atoms with van der Waals surface area (Å²) in [7, 11) is 0. The molecule has 1 aromatic carbocycles. The van der Waals surface area contributed by atoms with Gasteiger partial charge in [-0.2, -0.15) is 0 Å². The van der Waals surface area contributed by atoms with Gasteiger partial charge in [-0.3, -0.25) is 0 Å². The molecule has 0 radical (unpaired) electrons. The monoisotopic (exact) mass is 211 g/mol. The Morgan fingerprint density at radius 1 is 1.33 bits per heavy atom. The average Bonchev–Trinajstić information content (AvgIpc) is 2.14. The van der Waals surface area contributed by atoms with Crippen molar-refractivity contribution >= 4 is 0 Å². The third-order valence-electron chi connectivity index (χ3n) is 2.44. The largest absolute Gasteiger partial charge is 0.508 e. The van der Waals surface area contributed by atoms with Crippen LogP contribution in [0.3, 0.4) is 0 Å². The standard InChI is InChI=1S/C12H18FNO/c1-8(2)3-6-12(14)10-5-4-9(15)7-11(10)13/h4-5,7-8,12,15H,3,6,14H2,1-2H3/t12-/m1/s1. The van der Waals surface area contributed by atoms with Crippen LogP contribution in [0.4, 0.5) is 4.39 Å². The molecule has 0 fully saturated rings. The number of rotatable bonds is 4. The van der Waals surface area contributed by atoms with E-state index >= 15 is 0 Å². The van der Waals surface area contributed by atoms with Gasteiger partial charge in [-0.1, -0.05) is 19.9 Å². The Morgan fingerprint density at radius 3 is 2.53 bits per heavy atom. The highest BCUT2D eigenvalue weighted by molar-refractivity contribution is 5.29. The van der Waals surface area contributed by atoms with Crippen LogP contribution >= 0.6 is 0 Å². The van der Waals surface area contributed by atoms with E-state index in [-0.39, 0.29) is 11.8 Å². The fraction of sp³-hybridized carbons (Fsp3) is 0.500. The van der Waals surface area contributed by atoms with Crippen LogP contribution in [-0.4, -0.2) is 5.11 Å². The maximum Gasteiger partial charge on any atom is 0.131 e. The Morgan fingerprint density at radius 2 is 2.00 bits per heavy atom. The van der Waals surface area contributed by atoms with Gasteiger partial charge in [-0.15, -0.1) is 0 Å². The van der Waals surface area contributed by atoms with Gasteiger partial charge in [0.15, 0.2) is 0 Å². The highest BCUT2D eigenvalue weighted by Gasteiger charge is 2.12. The van der Waals surface area contributed by atoms with Crippen LogP contribution in [-0.2, 0) is 0 Å². The van der Waals surface area contributed by atoms with Gasteiger partial charge >= 0.3 is 0 Å². The molecule has 3 N–H and O–H groups in total. The molecule has 15 heavy (non-hydrogen) atoms. The van der Waals surface area contributed by atoms with Gasteiger partial charge in [0.25, 0.3) is 0 Å². The lowest BCUT2D eigenvalue weighted by atomic mass is 9.98. The molecule has 0 saturated heterocycles. The van der Waals surface area contributed by atoms with Crippen molar-refractivity contribution in [1.82, 2.24) is 0 Å². The van der Waals surface area contributed by atoms with Crippen LogP contribution < -0.4 is 5.73 Å². The van der Waals surface area contributed by atoms with Gasteiger partial charge < -0.3 is 10.8 Å². The fourth-order valence-corrected chi connectivity index (χ4v) is 1.49. The van der Waals surface area contributed by atoms with E-state index in [9.17, 15) is 4.39 Å². The lowest BCUT2D eigenvalue weighted by Crippen LogP contribution is -2.12. The quantitative estimate of drug-likeness (QED) is 0.804. The number of benzene rings is 1. The SMILES string of the molecule is CC(C)CC[C@@H](N)c1ccc(O)cc1F. The molecule has 1 aromatic rings. The highest BCUT2D eigenvalue weighted by atomic mass is 19.1. The molecule has 0 bridgehead atoms. The van der Waals surface area contributed by atoms with Crippen molar-refractivity contribution in [1.29, 1.82) is 0 Å². The highest BCUT2D eigenvalue weighted by Crippen LogP contribution is 2.23. The maximum atomic E-state index is 13.4. The summed E-state index contributed by atoms with van der Waals surface area (Å²) in [5, 5.41) is 9.06. The molecule has 1 rings (SSSR count). The van der Waals surface area contributed by atoms with E-state index < -0.39 is 5.82 Å². The number of halogens is 1. The van der Waals surface area contributed by atoms with Gasteiger partial charge in [0, 0.05) is 17.7 Å². The maximum absolute atomic E-state index is 13.4. The van der Waals surface area contributed by atoms with Gasteiger partial charge in [0.1, 0.15) is 11.6 Å². The molecule has 0 heterocycles. The molecule has 0 aromatic heterocycles. The van der Waals surface area contributed by atoms with Crippen molar-refractivity contribution in [2.75, 3.05) is 0 Å². The Labute approximate surface area is 89.9 Å². The zero-order valence-corrected chi connectivity index (χ0v) is 9.20. The first-order valence-corrected chi connectivity index (χ1v) is 5.24. The summed E-state index contributed by atoms with van der Waals surface area (Å²) in [5.41, 5.74) is 6.35. The van der Waals surface area contributed by atoms with E-state index in [0.29, 0.717) is 11.5 Å². The van der Waals surface area contributed by atoms with Crippen molar-refractivity contribution in [3.05, 3.63) is 29.6 Å². The Bertz CT molecular complexity index is 325. The summed E-state index contributed by atoms with van der Waals surface area (Å²) >= 11 is 0. The predicted octanol–water partition coefficient (Wildman–Crippen LogP) is 2.97. The predicted molar refractivity (Wildman–Crippen MR) is 59.1 cm³/mol. The summed E-state index contributed by atoms with van der Waals surface area (Å²) in [6, 6.07) is 3.83. The lowest BCUT2D eigenvalue weighted by Gasteiger charge is -2.14. The number of phenols is 1. The van der Waals surface area contributed by atoms with E-state index in [4.69, 9.17) is 10.8 Å². The minimum Gasteiger partial charge on any atom is -0.508 e. The average molecular weight is 211 g/mol. The molecular weight excluding hydrogens is 193 g/mol. The third-order valence-corrected chi connectivity index (χ3v) is 2.44. The molecule has 2 nitrogen and oxygen atoms in total. The van der Waals surface area contributed by atoms with Crippen molar-refractivity contribution in [3.8, 4) is 5.75 Å². The Balaban J connectivity index is 2.69. The second-order valence-electron chi connectivity index (χ2n) is 4.28. The normalized spacial score (nSPS) is 13.1. The molecule has 0 aliphatic heterocycles. The van der Waals surface area contributed by atoms with Crippen LogP contribution in [0.25, 0.3) is 0 Å². The molecule has 0 saturated carbocycles. The molecule has 0 aliphatic rings. The number of aromatic hydroxyl groups is 1. The van der Waals surface area contributed by atoms with Crippen LogP contribution in [0.1, 0.15) is 38.3 Å². The van der Waals surface area contributed by atoms with Crippen molar-refractivity contribution in [2.45, 2.75) is 32.7 Å². The molecule has 0 spiro atoms. The Kier molecular flexibility index (Phi) is 4.09. The second-order valence-corrected chi connectivity index (χ2v) is 4.28. The first kappa shape index (κ1) is 12.0. The second kappa shape index (κ2) is 5.12. The van der Waals surface area contributed by atoms with Crippen LogP contribution in [0.2, 0.25) is 0 Å². The topological polar surface area (TPSA) is 46.2 Å². The van der Waals surface area contributed by atoms with Crippen molar-refractivity contribution < 1.29 is 9.50 Å². The van der Waals surface area contributed by atoms with Crippen LogP contribution in [0.5, 0.6) is 5.75 Å².